The number of aromatic amines is 2. The van der Waals surface area contributed by atoms with Gasteiger partial charge in [0.15, 0.2) is 0 Å². The van der Waals surface area contributed by atoms with Gasteiger partial charge in [-0.05, 0) is 6.26 Å². The van der Waals surface area contributed by atoms with Gasteiger partial charge in [-0.1, -0.05) is 0 Å². The van der Waals surface area contributed by atoms with Crippen LogP contribution in [0, 0.1) is 0 Å². The molecule has 18 heavy (non-hydrogen) atoms. The van der Waals surface area contributed by atoms with Crippen LogP contribution < -0.4 is 10.9 Å². The molecule has 0 saturated carbocycles. The van der Waals surface area contributed by atoms with Gasteiger partial charge in [0, 0.05) is 30.6 Å². The van der Waals surface area contributed by atoms with Gasteiger partial charge in [0.05, 0.1) is 17.9 Å². The maximum absolute atomic E-state index is 11.5. The first-order chi connectivity index (χ1) is 8.72. The molecule has 0 saturated heterocycles. The van der Waals surface area contributed by atoms with Gasteiger partial charge in [-0.2, -0.15) is 11.8 Å². The highest BCUT2D eigenvalue weighted by Crippen LogP contribution is 2.10. The summed E-state index contributed by atoms with van der Waals surface area (Å²) < 4.78 is 0. The molecule has 0 fully saturated rings. The molecule has 7 heteroatoms. The fourth-order valence-corrected chi connectivity index (χ4v) is 2.27. The SMILES string of the molecule is CSCC(O)CNCc1c[nH]c2c(=O)[nH]cnc12. The fourth-order valence-electron chi connectivity index (χ4n) is 1.76. The summed E-state index contributed by atoms with van der Waals surface area (Å²) >= 11 is 1.61. The predicted octanol–water partition coefficient (Wildman–Crippen LogP) is 0.0647. The number of H-pyrrole nitrogens is 2. The summed E-state index contributed by atoms with van der Waals surface area (Å²) in [4.78, 5) is 21.0. The second kappa shape index (κ2) is 6.03. The third-order valence-electron chi connectivity index (χ3n) is 2.60. The lowest BCUT2D eigenvalue weighted by Crippen LogP contribution is -2.28. The van der Waals surface area contributed by atoms with Gasteiger partial charge < -0.3 is 20.4 Å². The van der Waals surface area contributed by atoms with Crippen molar-refractivity contribution in [3.8, 4) is 0 Å². The second-order valence-electron chi connectivity index (χ2n) is 4.01. The summed E-state index contributed by atoms with van der Waals surface area (Å²) in [6.45, 7) is 1.10. The van der Waals surface area contributed by atoms with Crippen LogP contribution in [0.25, 0.3) is 11.0 Å². The lowest BCUT2D eigenvalue weighted by atomic mass is 10.3. The Hall–Kier alpha value is -1.31. The molecule has 1 atom stereocenters. The minimum Gasteiger partial charge on any atom is -0.391 e. The number of aromatic nitrogens is 3. The molecule has 2 heterocycles. The lowest BCUT2D eigenvalue weighted by Gasteiger charge is -2.09. The molecule has 0 aromatic carbocycles. The average molecular weight is 268 g/mol. The van der Waals surface area contributed by atoms with Gasteiger partial charge in [-0.25, -0.2) is 4.98 Å². The Morgan fingerprint density at radius 3 is 3.17 bits per heavy atom. The van der Waals surface area contributed by atoms with E-state index in [1.807, 2.05) is 6.26 Å². The molecule has 0 bridgehead atoms. The van der Waals surface area contributed by atoms with Gasteiger partial charge in [-0.3, -0.25) is 4.79 Å². The van der Waals surface area contributed by atoms with Crippen molar-refractivity contribution >= 4 is 22.8 Å². The summed E-state index contributed by atoms with van der Waals surface area (Å²) in [5.74, 6) is 0.707. The average Bonchev–Trinajstić information content (AvgIpc) is 2.75. The molecule has 98 valence electrons. The van der Waals surface area contributed by atoms with E-state index >= 15 is 0 Å². The molecule has 2 rings (SSSR count). The van der Waals surface area contributed by atoms with Gasteiger partial charge in [0.1, 0.15) is 5.52 Å². The van der Waals surface area contributed by atoms with Gasteiger partial charge in [-0.15, -0.1) is 0 Å². The quantitative estimate of drug-likeness (QED) is 0.594. The van der Waals surface area contributed by atoms with E-state index in [9.17, 15) is 9.90 Å². The van der Waals surface area contributed by atoms with E-state index in [-0.39, 0.29) is 11.7 Å². The number of nitrogens with one attached hydrogen (secondary N) is 3. The fraction of sp³-hybridized carbons (Fsp3) is 0.455. The van der Waals surface area contributed by atoms with Gasteiger partial charge in [0.2, 0.25) is 0 Å². The van der Waals surface area contributed by atoms with Crippen LogP contribution >= 0.6 is 11.8 Å². The van der Waals surface area contributed by atoms with Crippen molar-refractivity contribution in [1.29, 1.82) is 0 Å². The third-order valence-corrected chi connectivity index (χ3v) is 3.32. The van der Waals surface area contributed by atoms with Crippen LogP contribution in [0.3, 0.4) is 0 Å². The highest BCUT2D eigenvalue weighted by atomic mass is 32.2. The summed E-state index contributed by atoms with van der Waals surface area (Å²) in [5.41, 5.74) is 1.91. The van der Waals surface area contributed by atoms with Crippen molar-refractivity contribution in [2.45, 2.75) is 12.6 Å². The van der Waals surface area contributed by atoms with Crippen LogP contribution in [0.2, 0.25) is 0 Å². The molecule has 0 radical (unpaired) electrons. The number of rotatable bonds is 6. The summed E-state index contributed by atoms with van der Waals surface area (Å²) in [6.07, 6.45) is 4.76. The van der Waals surface area contributed by atoms with Crippen molar-refractivity contribution in [3.05, 3.63) is 28.4 Å². The number of nitrogens with zero attached hydrogens (tertiary/aromatic N) is 1. The molecule has 2 aromatic rings. The van der Waals surface area contributed by atoms with Crippen molar-refractivity contribution < 1.29 is 5.11 Å². The van der Waals surface area contributed by atoms with E-state index < -0.39 is 0 Å². The first-order valence-corrected chi connectivity index (χ1v) is 7.03. The van der Waals surface area contributed by atoms with Crippen molar-refractivity contribution in [1.82, 2.24) is 20.3 Å². The molecular weight excluding hydrogens is 252 g/mol. The van der Waals surface area contributed by atoms with E-state index in [4.69, 9.17) is 0 Å². The predicted molar refractivity (Wildman–Crippen MR) is 72.8 cm³/mol. The van der Waals surface area contributed by atoms with Crippen molar-refractivity contribution in [2.75, 3.05) is 18.6 Å². The standard InChI is InChI=1S/C11H16N4O2S/c1-18-5-8(16)4-12-2-7-3-13-10-9(7)14-6-15-11(10)17/h3,6,8,12-13,16H,2,4-5H2,1H3,(H,14,15,17). The number of hydrogen-bond donors (Lipinski definition) is 4. The van der Waals surface area contributed by atoms with Crippen molar-refractivity contribution in [2.24, 2.45) is 0 Å². The number of fused-ring (bicyclic) bond motifs is 1. The Kier molecular flexibility index (Phi) is 4.40. The highest BCUT2D eigenvalue weighted by Gasteiger charge is 2.08. The van der Waals surface area contributed by atoms with Crippen LogP contribution in [0.5, 0.6) is 0 Å². The smallest absolute Gasteiger partial charge is 0.275 e. The molecule has 0 aliphatic heterocycles. The zero-order chi connectivity index (χ0) is 13.0. The summed E-state index contributed by atoms with van der Waals surface area (Å²) in [6, 6.07) is 0. The molecular formula is C11H16N4O2S. The van der Waals surface area contributed by atoms with E-state index in [0.717, 1.165) is 5.56 Å². The zero-order valence-electron chi connectivity index (χ0n) is 10.1. The molecule has 0 amide bonds. The van der Waals surface area contributed by atoms with Gasteiger partial charge in [0.25, 0.3) is 5.56 Å². The largest absolute Gasteiger partial charge is 0.391 e. The highest BCUT2D eigenvalue weighted by molar-refractivity contribution is 7.98. The Morgan fingerprint density at radius 2 is 2.39 bits per heavy atom. The maximum Gasteiger partial charge on any atom is 0.275 e. The minimum atomic E-state index is -0.360. The molecule has 2 aromatic heterocycles. The molecule has 1 unspecified atom stereocenters. The van der Waals surface area contributed by atoms with Crippen LogP contribution in [0.4, 0.5) is 0 Å². The first-order valence-electron chi connectivity index (χ1n) is 5.63. The second-order valence-corrected chi connectivity index (χ2v) is 4.92. The molecule has 0 aliphatic carbocycles. The molecule has 4 N–H and O–H groups in total. The van der Waals surface area contributed by atoms with E-state index in [1.54, 1.807) is 18.0 Å². The number of aliphatic hydroxyl groups excluding tert-OH is 1. The van der Waals surface area contributed by atoms with Crippen LogP contribution in [0.15, 0.2) is 17.3 Å². The summed E-state index contributed by atoms with van der Waals surface area (Å²) in [5, 5.41) is 12.7. The molecule has 0 spiro atoms. The van der Waals surface area contributed by atoms with Crippen molar-refractivity contribution in [3.63, 3.8) is 0 Å². The Labute approximate surface area is 108 Å². The zero-order valence-corrected chi connectivity index (χ0v) is 10.9. The monoisotopic (exact) mass is 268 g/mol. The number of hydrogen-bond acceptors (Lipinski definition) is 5. The Bertz CT molecular complexity index is 565. The Morgan fingerprint density at radius 1 is 1.56 bits per heavy atom. The Balaban J connectivity index is 2.00. The van der Waals surface area contributed by atoms with Crippen LogP contribution in [0.1, 0.15) is 5.56 Å². The van der Waals surface area contributed by atoms with E-state index in [0.29, 0.717) is 29.9 Å². The third kappa shape index (κ3) is 2.92. The summed E-state index contributed by atoms with van der Waals surface area (Å²) in [7, 11) is 0. The van der Waals surface area contributed by atoms with Crippen LogP contribution in [-0.2, 0) is 6.54 Å². The van der Waals surface area contributed by atoms with E-state index in [2.05, 4.69) is 20.3 Å². The number of thioether (sulfide) groups is 1. The van der Waals surface area contributed by atoms with E-state index in [1.165, 1.54) is 6.33 Å². The molecule has 6 nitrogen and oxygen atoms in total. The topological polar surface area (TPSA) is 93.8 Å². The maximum atomic E-state index is 11.5. The van der Waals surface area contributed by atoms with Crippen LogP contribution in [-0.4, -0.2) is 44.7 Å². The normalized spacial score (nSPS) is 13.0. The molecule has 0 aliphatic rings. The first kappa shape index (κ1) is 13.1. The van der Waals surface area contributed by atoms with Gasteiger partial charge >= 0.3 is 0 Å². The number of aliphatic hydroxyl groups is 1. The lowest BCUT2D eigenvalue weighted by molar-refractivity contribution is 0.195. The minimum absolute atomic E-state index is 0.173.